The van der Waals surface area contributed by atoms with E-state index in [9.17, 15) is 5.26 Å². The van der Waals surface area contributed by atoms with Crippen molar-refractivity contribution in [2.24, 2.45) is 34.5 Å². The second-order valence-electron chi connectivity index (χ2n) is 8.82. The van der Waals surface area contributed by atoms with Crippen LogP contribution < -0.4 is 0 Å². The molecular weight excluding hydrogens is 254 g/mol. The van der Waals surface area contributed by atoms with Crippen LogP contribution in [0.3, 0.4) is 0 Å². The van der Waals surface area contributed by atoms with Gasteiger partial charge in [0.1, 0.15) is 0 Å². The normalized spacial score (nSPS) is 52.1. The van der Waals surface area contributed by atoms with Crippen LogP contribution >= 0.6 is 0 Å². The van der Waals surface area contributed by atoms with E-state index in [2.05, 4.69) is 26.0 Å². The first-order chi connectivity index (χ1) is 10.1. The van der Waals surface area contributed by atoms with Crippen molar-refractivity contribution in [2.75, 3.05) is 0 Å². The van der Waals surface area contributed by atoms with Gasteiger partial charge in [0.05, 0.1) is 6.07 Å². The minimum absolute atomic E-state index is 0.216. The van der Waals surface area contributed by atoms with Crippen LogP contribution in [0, 0.1) is 45.8 Å². The molecular formula is C20H29N. The first kappa shape index (κ1) is 13.9. The molecule has 21 heavy (non-hydrogen) atoms. The molecule has 114 valence electrons. The minimum atomic E-state index is 0.216. The van der Waals surface area contributed by atoms with E-state index < -0.39 is 0 Å². The Morgan fingerprint density at radius 1 is 1.05 bits per heavy atom. The van der Waals surface area contributed by atoms with E-state index >= 15 is 0 Å². The van der Waals surface area contributed by atoms with Crippen LogP contribution in [0.2, 0.25) is 0 Å². The predicted molar refractivity (Wildman–Crippen MR) is 85.4 cm³/mol. The van der Waals surface area contributed by atoms with Crippen molar-refractivity contribution in [3.05, 3.63) is 11.6 Å². The topological polar surface area (TPSA) is 23.8 Å². The quantitative estimate of drug-likeness (QED) is 0.577. The van der Waals surface area contributed by atoms with Crippen LogP contribution in [0.4, 0.5) is 0 Å². The molecule has 6 atom stereocenters. The van der Waals surface area contributed by atoms with Gasteiger partial charge in [-0.25, -0.2) is 0 Å². The highest BCUT2D eigenvalue weighted by molar-refractivity contribution is 5.35. The fraction of sp³-hybridized carbons (Fsp3) is 0.850. The van der Waals surface area contributed by atoms with Crippen molar-refractivity contribution in [3.63, 3.8) is 0 Å². The number of nitriles is 1. The van der Waals surface area contributed by atoms with Crippen molar-refractivity contribution in [2.45, 2.75) is 71.6 Å². The smallest absolute Gasteiger partial charge is 0.0949 e. The van der Waals surface area contributed by atoms with E-state index in [4.69, 9.17) is 0 Å². The van der Waals surface area contributed by atoms with Crippen molar-refractivity contribution >= 4 is 0 Å². The SMILES string of the molecule is CC12CCC3C(CCC4CCCCC43C)C1CC=C2C#N. The molecule has 4 rings (SSSR count). The molecule has 0 radical (unpaired) electrons. The molecule has 0 aliphatic heterocycles. The van der Waals surface area contributed by atoms with Crippen LogP contribution in [-0.2, 0) is 0 Å². The molecule has 3 saturated carbocycles. The van der Waals surface area contributed by atoms with Gasteiger partial charge >= 0.3 is 0 Å². The van der Waals surface area contributed by atoms with Gasteiger partial charge in [-0.15, -0.1) is 0 Å². The third-order valence-electron chi connectivity index (χ3n) is 8.28. The van der Waals surface area contributed by atoms with Crippen molar-refractivity contribution in [3.8, 4) is 6.07 Å². The number of nitrogens with zero attached hydrogens (tertiary/aromatic N) is 1. The molecule has 0 aromatic rings. The van der Waals surface area contributed by atoms with E-state index in [1.165, 1.54) is 57.8 Å². The van der Waals surface area contributed by atoms with Crippen LogP contribution in [0.1, 0.15) is 71.6 Å². The molecule has 0 amide bonds. The van der Waals surface area contributed by atoms with E-state index in [1.54, 1.807) is 0 Å². The van der Waals surface area contributed by atoms with E-state index in [-0.39, 0.29) is 5.41 Å². The maximum absolute atomic E-state index is 9.49. The lowest BCUT2D eigenvalue weighted by Gasteiger charge is -2.60. The van der Waals surface area contributed by atoms with Crippen LogP contribution in [-0.4, -0.2) is 0 Å². The van der Waals surface area contributed by atoms with Gasteiger partial charge in [0, 0.05) is 11.0 Å². The maximum Gasteiger partial charge on any atom is 0.0949 e. The van der Waals surface area contributed by atoms with E-state index in [0.717, 1.165) is 29.2 Å². The highest BCUT2D eigenvalue weighted by atomic mass is 14.6. The van der Waals surface area contributed by atoms with Gasteiger partial charge in [0.25, 0.3) is 0 Å². The molecule has 4 aliphatic carbocycles. The molecule has 6 unspecified atom stereocenters. The van der Waals surface area contributed by atoms with Crippen molar-refractivity contribution in [1.29, 1.82) is 5.26 Å². The molecule has 0 heterocycles. The molecule has 0 spiro atoms. The summed E-state index contributed by atoms with van der Waals surface area (Å²) < 4.78 is 0. The largest absolute Gasteiger partial charge is 0.193 e. The van der Waals surface area contributed by atoms with Gasteiger partial charge in [-0.2, -0.15) is 5.26 Å². The third kappa shape index (κ3) is 1.74. The Kier molecular flexibility index (Phi) is 3.04. The molecule has 1 heteroatoms. The van der Waals surface area contributed by atoms with Gasteiger partial charge in [-0.3, -0.25) is 0 Å². The van der Waals surface area contributed by atoms with E-state index in [0.29, 0.717) is 5.41 Å². The highest BCUT2D eigenvalue weighted by Gasteiger charge is 2.57. The maximum atomic E-state index is 9.49. The summed E-state index contributed by atoms with van der Waals surface area (Å²) in [6, 6.07) is 2.53. The number of allylic oxidation sites excluding steroid dienone is 2. The number of rotatable bonds is 0. The van der Waals surface area contributed by atoms with E-state index in [1.807, 2.05) is 0 Å². The summed E-state index contributed by atoms with van der Waals surface area (Å²) in [7, 11) is 0. The second-order valence-corrected chi connectivity index (χ2v) is 8.82. The molecule has 0 saturated heterocycles. The monoisotopic (exact) mass is 283 g/mol. The Balaban J connectivity index is 1.65. The zero-order valence-electron chi connectivity index (χ0n) is 13.7. The Bertz CT molecular complexity index is 512. The summed E-state index contributed by atoms with van der Waals surface area (Å²) >= 11 is 0. The van der Waals surface area contributed by atoms with Gasteiger partial charge in [0.15, 0.2) is 0 Å². The predicted octanol–water partition coefficient (Wildman–Crippen LogP) is 5.48. The summed E-state index contributed by atoms with van der Waals surface area (Å²) in [6.45, 7) is 5.02. The molecule has 1 nitrogen and oxygen atoms in total. The summed E-state index contributed by atoms with van der Waals surface area (Å²) in [5.41, 5.74) is 1.95. The minimum Gasteiger partial charge on any atom is -0.193 e. The number of hydrogen-bond acceptors (Lipinski definition) is 1. The Labute approximate surface area is 129 Å². The van der Waals surface area contributed by atoms with Gasteiger partial charge in [0.2, 0.25) is 0 Å². The Morgan fingerprint density at radius 2 is 1.90 bits per heavy atom. The fourth-order valence-electron chi connectivity index (χ4n) is 7.04. The average Bonchev–Trinajstić information content (AvgIpc) is 2.83. The van der Waals surface area contributed by atoms with Crippen LogP contribution in [0.5, 0.6) is 0 Å². The molecule has 0 aromatic heterocycles. The molecule has 0 aromatic carbocycles. The zero-order chi connectivity index (χ0) is 14.7. The summed E-state index contributed by atoms with van der Waals surface area (Å²) in [5.74, 6) is 3.61. The third-order valence-corrected chi connectivity index (χ3v) is 8.28. The zero-order valence-corrected chi connectivity index (χ0v) is 13.7. The number of fused-ring (bicyclic) bond motifs is 5. The standard InChI is InChI=1S/C20H29N/c1-19-11-4-3-5-14(19)6-8-16-17-9-7-15(13-21)20(17,2)12-10-18(16)19/h7,14,16-18H,3-6,8-12H2,1-2H3. The summed E-state index contributed by atoms with van der Waals surface area (Å²) in [4.78, 5) is 0. The Morgan fingerprint density at radius 3 is 2.71 bits per heavy atom. The first-order valence-electron chi connectivity index (χ1n) is 9.20. The van der Waals surface area contributed by atoms with Crippen molar-refractivity contribution < 1.29 is 0 Å². The second kappa shape index (κ2) is 4.61. The molecule has 4 aliphatic rings. The molecule has 0 N–H and O–H groups in total. The van der Waals surface area contributed by atoms with Crippen LogP contribution in [0.15, 0.2) is 11.6 Å². The van der Waals surface area contributed by atoms with Gasteiger partial charge in [-0.05, 0) is 74.0 Å². The van der Waals surface area contributed by atoms with Crippen molar-refractivity contribution in [1.82, 2.24) is 0 Å². The lowest BCUT2D eigenvalue weighted by molar-refractivity contribution is -0.0981. The summed E-state index contributed by atoms with van der Waals surface area (Å²) in [5, 5.41) is 9.49. The van der Waals surface area contributed by atoms with Gasteiger partial charge in [-0.1, -0.05) is 32.8 Å². The van der Waals surface area contributed by atoms with Gasteiger partial charge < -0.3 is 0 Å². The lowest BCUT2D eigenvalue weighted by atomic mass is 9.45. The average molecular weight is 283 g/mol. The molecule has 3 fully saturated rings. The highest BCUT2D eigenvalue weighted by Crippen LogP contribution is 2.66. The fourth-order valence-corrected chi connectivity index (χ4v) is 7.04. The Hall–Kier alpha value is -0.770. The summed E-state index contributed by atoms with van der Waals surface area (Å²) in [6.07, 6.45) is 14.9. The molecule has 0 bridgehead atoms. The lowest BCUT2D eigenvalue weighted by Crippen LogP contribution is -2.52. The number of hydrogen-bond donors (Lipinski definition) is 0. The van der Waals surface area contributed by atoms with Crippen LogP contribution in [0.25, 0.3) is 0 Å². The first-order valence-corrected chi connectivity index (χ1v) is 9.20.